The number of rotatable bonds is 1. The highest BCUT2D eigenvalue weighted by Crippen LogP contribution is 2.23. The maximum absolute atomic E-state index is 4.67. The van der Waals surface area contributed by atoms with E-state index >= 15 is 0 Å². The second-order valence-electron chi connectivity index (χ2n) is 5.00. The van der Waals surface area contributed by atoms with Crippen LogP contribution in [0, 0.1) is 0 Å². The van der Waals surface area contributed by atoms with Gasteiger partial charge in [0.1, 0.15) is 4.60 Å². The third kappa shape index (κ3) is 2.91. The highest BCUT2D eigenvalue weighted by Gasteiger charge is 2.15. The smallest absolute Gasteiger partial charge is 0.106 e. The molecule has 0 radical (unpaired) electrons. The molecule has 3 heteroatoms. The van der Waals surface area contributed by atoms with Crippen molar-refractivity contribution < 1.29 is 0 Å². The number of hydrogen-bond donors (Lipinski definition) is 0. The van der Waals surface area contributed by atoms with Crippen molar-refractivity contribution in [3.63, 3.8) is 0 Å². The second-order valence-corrected chi connectivity index (χ2v) is 5.82. The Labute approximate surface area is 110 Å². The summed E-state index contributed by atoms with van der Waals surface area (Å²) < 4.78 is 0.831. The zero-order valence-electron chi connectivity index (χ0n) is 10.2. The van der Waals surface area contributed by atoms with E-state index in [1.807, 2.05) is 30.3 Å². The molecule has 0 aliphatic rings. The normalized spacial score (nSPS) is 11.5. The molecule has 0 aromatic carbocycles. The van der Waals surface area contributed by atoms with E-state index < -0.39 is 0 Å². The van der Waals surface area contributed by atoms with Crippen LogP contribution in [0.4, 0.5) is 0 Å². The van der Waals surface area contributed by atoms with Crippen LogP contribution >= 0.6 is 15.9 Å². The van der Waals surface area contributed by atoms with Gasteiger partial charge in [0.2, 0.25) is 0 Å². The fraction of sp³-hybridized carbons (Fsp3) is 0.286. The Morgan fingerprint density at radius 1 is 0.882 bits per heavy atom. The lowest BCUT2D eigenvalue weighted by atomic mass is 9.91. The topological polar surface area (TPSA) is 25.8 Å². The quantitative estimate of drug-likeness (QED) is 0.736. The van der Waals surface area contributed by atoms with Crippen molar-refractivity contribution in [1.82, 2.24) is 9.97 Å². The standard InChI is InChI=1S/C14H15BrN2/c1-14(2,3)12-8-4-6-10(16-12)11-7-5-9-13(15)17-11/h4-9H,1-3H3. The number of hydrogen-bond acceptors (Lipinski definition) is 2. The van der Waals surface area contributed by atoms with Gasteiger partial charge in [0.05, 0.1) is 11.4 Å². The Hall–Kier alpha value is -1.22. The monoisotopic (exact) mass is 290 g/mol. The molecule has 0 aliphatic carbocycles. The maximum Gasteiger partial charge on any atom is 0.106 e. The molecule has 0 atom stereocenters. The van der Waals surface area contributed by atoms with Crippen molar-refractivity contribution >= 4 is 15.9 Å². The highest BCUT2D eigenvalue weighted by molar-refractivity contribution is 9.10. The Morgan fingerprint density at radius 3 is 2.06 bits per heavy atom. The van der Waals surface area contributed by atoms with Gasteiger partial charge < -0.3 is 0 Å². The van der Waals surface area contributed by atoms with E-state index in [4.69, 9.17) is 0 Å². The fourth-order valence-electron chi connectivity index (χ4n) is 1.55. The molecule has 2 aromatic heterocycles. The molecule has 2 heterocycles. The van der Waals surface area contributed by atoms with E-state index in [9.17, 15) is 0 Å². The molecule has 2 rings (SSSR count). The summed E-state index contributed by atoms with van der Waals surface area (Å²) in [4.78, 5) is 9.09. The predicted molar refractivity (Wildman–Crippen MR) is 73.9 cm³/mol. The summed E-state index contributed by atoms with van der Waals surface area (Å²) in [5, 5.41) is 0. The molecule has 0 amide bonds. The Kier molecular flexibility index (Phi) is 3.29. The molecule has 17 heavy (non-hydrogen) atoms. The minimum Gasteiger partial charge on any atom is -0.251 e. The van der Waals surface area contributed by atoms with Crippen LogP contribution in [0.3, 0.4) is 0 Å². The summed E-state index contributed by atoms with van der Waals surface area (Å²) in [6, 6.07) is 11.9. The van der Waals surface area contributed by atoms with Gasteiger partial charge in [-0.3, -0.25) is 4.98 Å². The van der Waals surface area contributed by atoms with Crippen molar-refractivity contribution in [2.75, 3.05) is 0 Å². The SMILES string of the molecule is CC(C)(C)c1cccc(-c2cccc(Br)n2)n1. The molecule has 0 N–H and O–H groups in total. The molecule has 0 unspecified atom stereocenters. The highest BCUT2D eigenvalue weighted by atomic mass is 79.9. The minimum absolute atomic E-state index is 0.0576. The second kappa shape index (κ2) is 4.57. The Morgan fingerprint density at radius 2 is 1.47 bits per heavy atom. The van der Waals surface area contributed by atoms with Gasteiger partial charge in [0.25, 0.3) is 0 Å². The Bertz CT molecular complexity index is 530. The van der Waals surface area contributed by atoms with Gasteiger partial charge in [-0.05, 0) is 40.2 Å². The van der Waals surface area contributed by atoms with E-state index in [2.05, 4.69) is 52.7 Å². The number of pyridine rings is 2. The average Bonchev–Trinajstić information content (AvgIpc) is 2.28. The molecule has 0 bridgehead atoms. The first-order chi connectivity index (χ1) is 7.97. The molecular weight excluding hydrogens is 276 g/mol. The van der Waals surface area contributed by atoms with Crippen LogP contribution in [-0.2, 0) is 5.41 Å². The van der Waals surface area contributed by atoms with Crippen LogP contribution in [0.5, 0.6) is 0 Å². The zero-order chi connectivity index (χ0) is 12.5. The molecule has 0 saturated heterocycles. The van der Waals surface area contributed by atoms with Crippen LogP contribution in [0.25, 0.3) is 11.4 Å². The summed E-state index contributed by atoms with van der Waals surface area (Å²) in [7, 11) is 0. The van der Waals surface area contributed by atoms with E-state index in [-0.39, 0.29) is 5.41 Å². The van der Waals surface area contributed by atoms with Gasteiger partial charge in [-0.15, -0.1) is 0 Å². The molecule has 0 aliphatic heterocycles. The van der Waals surface area contributed by atoms with Gasteiger partial charge in [-0.25, -0.2) is 4.98 Å². The van der Waals surface area contributed by atoms with Crippen LogP contribution in [-0.4, -0.2) is 9.97 Å². The first kappa shape index (κ1) is 12.2. The molecular formula is C14H15BrN2. The molecule has 0 fully saturated rings. The number of aromatic nitrogens is 2. The molecule has 0 spiro atoms. The van der Waals surface area contributed by atoms with Gasteiger partial charge in [0, 0.05) is 11.1 Å². The summed E-state index contributed by atoms with van der Waals surface area (Å²) in [6.07, 6.45) is 0. The molecule has 2 aromatic rings. The van der Waals surface area contributed by atoms with E-state index in [0.29, 0.717) is 0 Å². The van der Waals surface area contributed by atoms with Gasteiger partial charge in [-0.2, -0.15) is 0 Å². The first-order valence-electron chi connectivity index (χ1n) is 5.57. The van der Waals surface area contributed by atoms with Gasteiger partial charge >= 0.3 is 0 Å². The summed E-state index contributed by atoms with van der Waals surface area (Å²) in [5.41, 5.74) is 2.95. The maximum atomic E-state index is 4.67. The Balaban J connectivity index is 2.47. The number of nitrogens with zero attached hydrogens (tertiary/aromatic N) is 2. The van der Waals surface area contributed by atoms with E-state index in [1.54, 1.807) is 0 Å². The lowest BCUT2D eigenvalue weighted by molar-refractivity contribution is 0.569. The van der Waals surface area contributed by atoms with Crippen LogP contribution < -0.4 is 0 Å². The lowest BCUT2D eigenvalue weighted by Gasteiger charge is -2.18. The van der Waals surface area contributed by atoms with E-state index in [0.717, 1.165) is 21.7 Å². The molecule has 2 nitrogen and oxygen atoms in total. The van der Waals surface area contributed by atoms with Crippen molar-refractivity contribution in [3.05, 3.63) is 46.7 Å². The summed E-state index contributed by atoms with van der Waals surface area (Å²) in [5.74, 6) is 0. The average molecular weight is 291 g/mol. The largest absolute Gasteiger partial charge is 0.251 e. The predicted octanol–water partition coefficient (Wildman–Crippen LogP) is 4.20. The van der Waals surface area contributed by atoms with Gasteiger partial charge in [0.15, 0.2) is 0 Å². The van der Waals surface area contributed by atoms with Crippen molar-refractivity contribution in [1.29, 1.82) is 0 Å². The third-order valence-corrected chi connectivity index (χ3v) is 2.94. The molecule has 88 valence electrons. The van der Waals surface area contributed by atoms with Crippen molar-refractivity contribution in [2.24, 2.45) is 0 Å². The van der Waals surface area contributed by atoms with Crippen LogP contribution in [0.2, 0.25) is 0 Å². The lowest BCUT2D eigenvalue weighted by Crippen LogP contribution is -2.13. The van der Waals surface area contributed by atoms with Crippen molar-refractivity contribution in [2.45, 2.75) is 26.2 Å². The van der Waals surface area contributed by atoms with E-state index in [1.165, 1.54) is 0 Å². The van der Waals surface area contributed by atoms with Crippen LogP contribution in [0.15, 0.2) is 41.0 Å². The minimum atomic E-state index is 0.0576. The number of halogens is 1. The summed E-state index contributed by atoms with van der Waals surface area (Å²) >= 11 is 3.38. The summed E-state index contributed by atoms with van der Waals surface area (Å²) in [6.45, 7) is 6.48. The first-order valence-corrected chi connectivity index (χ1v) is 6.36. The molecule has 0 saturated carbocycles. The van der Waals surface area contributed by atoms with Gasteiger partial charge in [-0.1, -0.05) is 32.9 Å². The third-order valence-electron chi connectivity index (χ3n) is 2.50. The zero-order valence-corrected chi connectivity index (χ0v) is 11.8. The van der Waals surface area contributed by atoms with Crippen molar-refractivity contribution in [3.8, 4) is 11.4 Å². The fourth-order valence-corrected chi connectivity index (χ4v) is 1.89. The van der Waals surface area contributed by atoms with Crippen LogP contribution in [0.1, 0.15) is 26.5 Å².